The summed E-state index contributed by atoms with van der Waals surface area (Å²) in [4.78, 5) is 8.87. The van der Waals surface area contributed by atoms with Crippen LogP contribution in [0.1, 0.15) is 23.4 Å². The van der Waals surface area contributed by atoms with E-state index < -0.39 is 0 Å². The number of methoxy groups -OCH3 is 1. The molecule has 0 atom stereocenters. The van der Waals surface area contributed by atoms with Crippen molar-refractivity contribution in [2.75, 3.05) is 30.9 Å². The maximum Gasteiger partial charge on any atom is 0.136 e. The number of rotatable bonds is 7. The van der Waals surface area contributed by atoms with Crippen LogP contribution >= 0.6 is 0 Å². The van der Waals surface area contributed by atoms with Gasteiger partial charge in [0, 0.05) is 32.0 Å². The van der Waals surface area contributed by atoms with Gasteiger partial charge in [-0.3, -0.25) is 0 Å². The summed E-state index contributed by atoms with van der Waals surface area (Å²) >= 11 is 0. The van der Waals surface area contributed by atoms with Gasteiger partial charge in [0.25, 0.3) is 0 Å². The van der Waals surface area contributed by atoms with Crippen LogP contribution in [-0.4, -0.2) is 30.2 Å². The SMILES string of the molecule is COCCCNc1cc(Nc2cc(C)ccc2C)nc(C)n1. The lowest BCUT2D eigenvalue weighted by Crippen LogP contribution is -2.08. The molecule has 0 aliphatic heterocycles. The summed E-state index contributed by atoms with van der Waals surface area (Å²) in [6, 6.07) is 8.27. The molecule has 2 rings (SSSR count). The first-order valence-electron chi connectivity index (χ1n) is 7.51. The molecule has 1 aromatic carbocycles. The summed E-state index contributed by atoms with van der Waals surface area (Å²) in [7, 11) is 1.71. The molecule has 2 N–H and O–H groups in total. The molecular weight excluding hydrogens is 276 g/mol. The minimum Gasteiger partial charge on any atom is -0.385 e. The molecule has 1 aromatic heterocycles. The predicted octanol–water partition coefficient (Wildman–Crippen LogP) is 3.59. The van der Waals surface area contributed by atoms with E-state index in [1.807, 2.05) is 13.0 Å². The zero-order chi connectivity index (χ0) is 15.9. The number of aromatic nitrogens is 2. The minimum atomic E-state index is 0.740. The Morgan fingerprint density at radius 1 is 1.05 bits per heavy atom. The normalized spacial score (nSPS) is 10.5. The Kier molecular flexibility index (Phi) is 5.72. The number of ether oxygens (including phenoxy) is 1. The molecule has 0 fully saturated rings. The van der Waals surface area contributed by atoms with E-state index in [0.717, 1.165) is 42.7 Å². The first-order chi connectivity index (χ1) is 10.6. The van der Waals surface area contributed by atoms with Crippen molar-refractivity contribution in [1.82, 2.24) is 9.97 Å². The van der Waals surface area contributed by atoms with Gasteiger partial charge < -0.3 is 15.4 Å². The maximum absolute atomic E-state index is 5.05. The number of hydrogen-bond acceptors (Lipinski definition) is 5. The van der Waals surface area contributed by atoms with E-state index in [0.29, 0.717) is 0 Å². The average molecular weight is 300 g/mol. The van der Waals surface area contributed by atoms with E-state index in [-0.39, 0.29) is 0 Å². The fraction of sp³-hybridized carbons (Fsp3) is 0.412. The Balaban J connectivity index is 2.10. The lowest BCUT2D eigenvalue weighted by molar-refractivity contribution is 0.198. The smallest absolute Gasteiger partial charge is 0.136 e. The Morgan fingerprint density at radius 2 is 1.82 bits per heavy atom. The van der Waals surface area contributed by atoms with Crippen LogP contribution < -0.4 is 10.6 Å². The molecule has 0 aliphatic carbocycles. The Bertz CT molecular complexity index is 628. The van der Waals surface area contributed by atoms with E-state index in [4.69, 9.17) is 4.74 Å². The highest BCUT2D eigenvalue weighted by atomic mass is 16.5. The van der Waals surface area contributed by atoms with Crippen molar-refractivity contribution in [3.63, 3.8) is 0 Å². The van der Waals surface area contributed by atoms with E-state index in [9.17, 15) is 0 Å². The largest absolute Gasteiger partial charge is 0.385 e. The third kappa shape index (κ3) is 4.70. The molecule has 22 heavy (non-hydrogen) atoms. The minimum absolute atomic E-state index is 0.740. The number of hydrogen-bond donors (Lipinski definition) is 2. The van der Waals surface area contributed by atoms with E-state index in [2.05, 4.69) is 52.6 Å². The molecule has 118 valence electrons. The number of anilines is 3. The standard InChI is InChI=1S/C17H24N4O/c1-12-6-7-13(2)15(10-12)21-17-11-16(19-14(3)20-17)18-8-5-9-22-4/h6-7,10-11H,5,8-9H2,1-4H3,(H2,18,19,20,21). The third-order valence-corrected chi connectivity index (χ3v) is 3.33. The van der Waals surface area contributed by atoms with Crippen LogP contribution in [0.4, 0.5) is 17.3 Å². The second-order valence-electron chi connectivity index (χ2n) is 5.40. The molecule has 0 saturated carbocycles. The van der Waals surface area contributed by atoms with Gasteiger partial charge in [0.2, 0.25) is 0 Å². The number of nitrogens with zero attached hydrogens (tertiary/aromatic N) is 2. The van der Waals surface area contributed by atoms with Crippen LogP contribution in [0.15, 0.2) is 24.3 Å². The number of benzene rings is 1. The lowest BCUT2D eigenvalue weighted by atomic mass is 10.1. The summed E-state index contributed by atoms with van der Waals surface area (Å²) in [5.41, 5.74) is 3.48. The summed E-state index contributed by atoms with van der Waals surface area (Å²) in [6.45, 7) is 7.63. The molecule has 5 nitrogen and oxygen atoms in total. The fourth-order valence-corrected chi connectivity index (χ4v) is 2.16. The molecular formula is C17H24N4O. The van der Waals surface area contributed by atoms with Crippen LogP contribution in [0.3, 0.4) is 0 Å². The molecule has 0 saturated heterocycles. The highest BCUT2D eigenvalue weighted by molar-refractivity contribution is 5.63. The van der Waals surface area contributed by atoms with Gasteiger partial charge in [-0.1, -0.05) is 12.1 Å². The topological polar surface area (TPSA) is 59.1 Å². The molecule has 0 aliphatic rings. The predicted molar refractivity (Wildman–Crippen MR) is 91.0 cm³/mol. The first kappa shape index (κ1) is 16.2. The van der Waals surface area contributed by atoms with Crippen molar-refractivity contribution >= 4 is 17.3 Å². The van der Waals surface area contributed by atoms with Crippen LogP contribution in [-0.2, 0) is 4.74 Å². The van der Waals surface area contributed by atoms with Crippen LogP contribution in [0.5, 0.6) is 0 Å². The summed E-state index contributed by atoms with van der Waals surface area (Å²) < 4.78 is 5.05. The summed E-state index contributed by atoms with van der Waals surface area (Å²) in [5.74, 6) is 2.37. The molecule has 5 heteroatoms. The second kappa shape index (κ2) is 7.75. The lowest BCUT2D eigenvalue weighted by Gasteiger charge is -2.12. The van der Waals surface area contributed by atoms with Crippen molar-refractivity contribution < 1.29 is 4.74 Å². The Labute approximate surface area is 132 Å². The van der Waals surface area contributed by atoms with Gasteiger partial charge in [-0.15, -0.1) is 0 Å². The van der Waals surface area contributed by atoms with E-state index in [1.165, 1.54) is 11.1 Å². The van der Waals surface area contributed by atoms with Gasteiger partial charge in [-0.25, -0.2) is 9.97 Å². The molecule has 0 bridgehead atoms. The Hall–Kier alpha value is -2.14. The van der Waals surface area contributed by atoms with Crippen molar-refractivity contribution in [3.8, 4) is 0 Å². The van der Waals surface area contributed by atoms with Gasteiger partial charge in [0.05, 0.1) is 0 Å². The summed E-state index contributed by atoms with van der Waals surface area (Å²) in [5, 5.41) is 6.68. The molecule has 0 radical (unpaired) electrons. The quantitative estimate of drug-likeness (QED) is 0.765. The Morgan fingerprint density at radius 3 is 2.59 bits per heavy atom. The van der Waals surface area contributed by atoms with Crippen LogP contribution in [0, 0.1) is 20.8 Å². The van der Waals surface area contributed by atoms with Crippen LogP contribution in [0.25, 0.3) is 0 Å². The highest BCUT2D eigenvalue weighted by Gasteiger charge is 2.04. The van der Waals surface area contributed by atoms with E-state index in [1.54, 1.807) is 7.11 Å². The molecule has 0 unspecified atom stereocenters. The second-order valence-corrected chi connectivity index (χ2v) is 5.40. The van der Waals surface area contributed by atoms with Crippen molar-refractivity contribution in [1.29, 1.82) is 0 Å². The molecule has 2 aromatic rings. The summed E-state index contributed by atoms with van der Waals surface area (Å²) in [6.07, 6.45) is 0.944. The van der Waals surface area contributed by atoms with Gasteiger partial charge in [-0.2, -0.15) is 0 Å². The van der Waals surface area contributed by atoms with Crippen molar-refractivity contribution in [3.05, 3.63) is 41.2 Å². The molecule has 0 spiro atoms. The first-order valence-corrected chi connectivity index (χ1v) is 7.51. The fourth-order valence-electron chi connectivity index (χ4n) is 2.16. The van der Waals surface area contributed by atoms with Gasteiger partial charge in [0.1, 0.15) is 17.5 Å². The number of nitrogens with one attached hydrogen (secondary N) is 2. The maximum atomic E-state index is 5.05. The van der Waals surface area contributed by atoms with Gasteiger partial charge >= 0.3 is 0 Å². The highest BCUT2D eigenvalue weighted by Crippen LogP contribution is 2.22. The average Bonchev–Trinajstić information content (AvgIpc) is 2.47. The monoisotopic (exact) mass is 300 g/mol. The third-order valence-electron chi connectivity index (χ3n) is 3.33. The number of aryl methyl sites for hydroxylation is 3. The zero-order valence-electron chi connectivity index (χ0n) is 13.7. The molecule has 0 amide bonds. The zero-order valence-corrected chi connectivity index (χ0v) is 13.7. The van der Waals surface area contributed by atoms with Gasteiger partial charge in [-0.05, 0) is 44.4 Å². The van der Waals surface area contributed by atoms with Gasteiger partial charge in [0.15, 0.2) is 0 Å². The van der Waals surface area contributed by atoms with Crippen molar-refractivity contribution in [2.45, 2.75) is 27.2 Å². The van der Waals surface area contributed by atoms with Crippen LogP contribution in [0.2, 0.25) is 0 Å². The van der Waals surface area contributed by atoms with E-state index >= 15 is 0 Å². The van der Waals surface area contributed by atoms with Crippen molar-refractivity contribution in [2.24, 2.45) is 0 Å². The molecule has 1 heterocycles.